The molecule has 1 rings (SSSR count). The van der Waals surface area contributed by atoms with E-state index < -0.39 is 0 Å². The molecule has 1 aliphatic heterocycles. The molecule has 0 unspecified atom stereocenters. The number of thiocarbonyl (C=S) groups is 1. The number of nitrogens with one attached hydrogen (secondary N) is 3. The SMILES string of the molecule is C[N+]1(CCNNC(N)=S)CCNCC1. The lowest BCUT2D eigenvalue weighted by Gasteiger charge is -2.38. The Hall–Kier alpha value is -0.430. The molecule has 1 saturated heterocycles. The van der Waals surface area contributed by atoms with Gasteiger partial charge >= 0.3 is 0 Å². The fraction of sp³-hybridized carbons (Fsp3) is 0.875. The Labute approximate surface area is 90.6 Å². The van der Waals surface area contributed by atoms with Crippen molar-refractivity contribution >= 4 is 17.3 Å². The first-order valence-electron chi connectivity index (χ1n) is 4.95. The maximum absolute atomic E-state index is 5.29. The van der Waals surface area contributed by atoms with E-state index >= 15 is 0 Å². The van der Waals surface area contributed by atoms with Crippen molar-refractivity contribution in [2.45, 2.75) is 0 Å². The number of hydrogen-bond donors (Lipinski definition) is 4. The summed E-state index contributed by atoms with van der Waals surface area (Å²) in [5.74, 6) is 0. The highest BCUT2D eigenvalue weighted by Crippen LogP contribution is 2.02. The van der Waals surface area contributed by atoms with Gasteiger partial charge < -0.3 is 15.5 Å². The van der Waals surface area contributed by atoms with Crippen molar-refractivity contribution in [1.29, 1.82) is 0 Å². The summed E-state index contributed by atoms with van der Waals surface area (Å²) in [6, 6.07) is 0. The predicted octanol–water partition coefficient (Wildman–Crippen LogP) is -1.63. The quantitative estimate of drug-likeness (QED) is 0.198. The van der Waals surface area contributed by atoms with Gasteiger partial charge in [-0.15, -0.1) is 0 Å². The molecular weight excluding hydrogens is 198 g/mol. The van der Waals surface area contributed by atoms with Crippen molar-refractivity contribution in [3.05, 3.63) is 0 Å². The molecule has 0 spiro atoms. The number of quaternary nitrogens is 1. The first-order valence-corrected chi connectivity index (χ1v) is 5.36. The van der Waals surface area contributed by atoms with E-state index in [0.29, 0.717) is 5.11 Å². The Bertz CT molecular complexity index is 190. The van der Waals surface area contributed by atoms with E-state index in [1.807, 2.05) is 0 Å². The monoisotopic (exact) mass is 218 g/mol. The van der Waals surface area contributed by atoms with E-state index in [4.69, 9.17) is 5.73 Å². The number of nitrogens with two attached hydrogens (primary N) is 1. The fourth-order valence-corrected chi connectivity index (χ4v) is 1.71. The Kier molecular flexibility index (Phi) is 4.53. The van der Waals surface area contributed by atoms with Crippen LogP contribution in [0.3, 0.4) is 0 Å². The molecule has 82 valence electrons. The van der Waals surface area contributed by atoms with E-state index in [-0.39, 0.29) is 0 Å². The minimum atomic E-state index is 0.299. The summed E-state index contributed by atoms with van der Waals surface area (Å²) in [6.45, 7) is 6.58. The van der Waals surface area contributed by atoms with Gasteiger partial charge in [-0.05, 0) is 12.2 Å². The Morgan fingerprint density at radius 1 is 1.50 bits per heavy atom. The zero-order chi connectivity index (χ0) is 10.4. The molecule has 1 aliphatic rings. The normalized spacial score (nSPS) is 20.4. The first-order chi connectivity index (χ1) is 6.62. The second-order valence-electron chi connectivity index (χ2n) is 3.96. The second-order valence-corrected chi connectivity index (χ2v) is 4.40. The highest BCUT2D eigenvalue weighted by Gasteiger charge is 2.23. The maximum Gasteiger partial charge on any atom is 0.178 e. The third kappa shape index (κ3) is 4.19. The number of hydrogen-bond acceptors (Lipinski definition) is 3. The molecular formula is C8H20N5S+. The van der Waals surface area contributed by atoms with Gasteiger partial charge in [0, 0.05) is 13.1 Å². The number of hydrazine groups is 1. The van der Waals surface area contributed by atoms with Crippen molar-refractivity contribution in [3.8, 4) is 0 Å². The van der Waals surface area contributed by atoms with Gasteiger partial charge in [0.25, 0.3) is 0 Å². The van der Waals surface area contributed by atoms with Crippen LogP contribution in [0.15, 0.2) is 0 Å². The average molecular weight is 218 g/mol. The Morgan fingerprint density at radius 3 is 2.71 bits per heavy atom. The maximum atomic E-state index is 5.29. The van der Waals surface area contributed by atoms with E-state index in [1.165, 1.54) is 13.1 Å². The second kappa shape index (κ2) is 5.45. The molecule has 6 heteroatoms. The number of piperazine rings is 1. The molecule has 0 aliphatic carbocycles. The van der Waals surface area contributed by atoms with Gasteiger partial charge in [0.05, 0.1) is 33.2 Å². The highest BCUT2D eigenvalue weighted by atomic mass is 32.1. The van der Waals surface area contributed by atoms with Gasteiger partial charge in [-0.1, -0.05) is 0 Å². The summed E-state index contributed by atoms with van der Waals surface area (Å²) >= 11 is 4.68. The van der Waals surface area contributed by atoms with Crippen LogP contribution >= 0.6 is 12.2 Å². The molecule has 5 nitrogen and oxygen atoms in total. The fourth-order valence-electron chi connectivity index (χ4n) is 1.63. The van der Waals surface area contributed by atoms with Crippen molar-refractivity contribution in [2.75, 3.05) is 46.3 Å². The Balaban J connectivity index is 2.12. The molecule has 0 radical (unpaired) electrons. The standard InChI is InChI=1S/C8H19N5S/c1-13(5-2-10-3-6-13)7-4-11-12-8(9)14/h10-11H,2-7H2,1H3,(H2-,9,12,14)/p+1. The molecule has 5 N–H and O–H groups in total. The number of nitrogens with zero attached hydrogens (tertiary/aromatic N) is 1. The first kappa shape index (κ1) is 11.6. The topological polar surface area (TPSA) is 62.1 Å². The molecule has 0 amide bonds. The number of rotatable bonds is 4. The largest absolute Gasteiger partial charge is 0.375 e. The van der Waals surface area contributed by atoms with Crippen LogP contribution in [-0.4, -0.2) is 55.9 Å². The van der Waals surface area contributed by atoms with Crippen LogP contribution in [0.5, 0.6) is 0 Å². The zero-order valence-electron chi connectivity index (χ0n) is 8.68. The van der Waals surface area contributed by atoms with Crippen LogP contribution in [0, 0.1) is 0 Å². The number of likely N-dealkylation sites (N-methyl/N-ethyl adjacent to an activating group) is 1. The molecule has 0 bridgehead atoms. The summed E-state index contributed by atoms with van der Waals surface area (Å²) in [5.41, 5.74) is 11.0. The van der Waals surface area contributed by atoms with Crippen LogP contribution in [0.25, 0.3) is 0 Å². The van der Waals surface area contributed by atoms with Crippen LogP contribution < -0.4 is 21.9 Å². The van der Waals surface area contributed by atoms with Crippen molar-refractivity contribution < 1.29 is 4.48 Å². The van der Waals surface area contributed by atoms with Crippen molar-refractivity contribution in [1.82, 2.24) is 16.2 Å². The van der Waals surface area contributed by atoms with Gasteiger partial charge in [-0.2, -0.15) is 0 Å². The minimum Gasteiger partial charge on any atom is -0.375 e. The van der Waals surface area contributed by atoms with Gasteiger partial charge in [0.2, 0.25) is 0 Å². The van der Waals surface area contributed by atoms with Gasteiger partial charge in [-0.3, -0.25) is 5.43 Å². The lowest BCUT2D eigenvalue weighted by Crippen LogP contribution is -2.58. The van der Waals surface area contributed by atoms with Crippen molar-refractivity contribution in [2.24, 2.45) is 5.73 Å². The molecule has 0 aromatic carbocycles. The van der Waals surface area contributed by atoms with E-state index in [1.54, 1.807) is 0 Å². The van der Waals surface area contributed by atoms with Gasteiger partial charge in [-0.25, -0.2) is 5.43 Å². The summed E-state index contributed by atoms with van der Waals surface area (Å²) < 4.78 is 1.11. The summed E-state index contributed by atoms with van der Waals surface area (Å²) in [7, 11) is 2.28. The van der Waals surface area contributed by atoms with E-state index in [0.717, 1.165) is 30.7 Å². The lowest BCUT2D eigenvalue weighted by molar-refractivity contribution is -0.910. The van der Waals surface area contributed by atoms with Crippen LogP contribution in [0.4, 0.5) is 0 Å². The van der Waals surface area contributed by atoms with E-state index in [9.17, 15) is 0 Å². The summed E-state index contributed by atoms with van der Waals surface area (Å²) in [5, 5.41) is 3.66. The van der Waals surface area contributed by atoms with Gasteiger partial charge in [0.15, 0.2) is 5.11 Å². The Morgan fingerprint density at radius 2 is 2.14 bits per heavy atom. The smallest absolute Gasteiger partial charge is 0.178 e. The lowest BCUT2D eigenvalue weighted by atomic mass is 10.3. The minimum absolute atomic E-state index is 0.299. The van der Waals surface area contributed by atoms with Crippen molar-refractivity contribution in [3.63, 3.8) is 0 Å². The van der Waals surface area contributed by atoms with Crippen LogP contribution in [-0.2, 0) is 0 Å². The predicted molar refractivity (Wildman–Crippen MR) is 61.6 cm³/mol. The molecule has 1 fully saturated rings. The molecule has 0 aromatic heterocycles. The molecule has 1 heterocycles. The highest BCUT2D eigenvalue weighted by molar-refractivity contribution is 7.80. The average Bonchev–Trinajstić information content (AvgIpc) is 2.14. The molecule has 0 saturated carbocycles. The van der Waals surface area contributed by atoms with Gasteiger partial charge in [0.1, 0.15) is 0 Å². The summed E-state index contributed by atoms with van der Waals surface area (Å²) in [4.78, 5) is 0. The van der Waals surface area contributed by atoms with Crippen LogP contribution in [0.2, 0.25) is 0 Å². The summed E-state index contributed by atoms with van der Waals surface area (Å²) in [6.07, 6.45) is 0. The third-order valence-corrected chi connectivity index (χ3v) is 2.75. The molecule has 0 aromatic rings. The third-order valence-electron chi connectivity index (χ3n) is 2.65. The zero-order valence-corrected chi connectivity index (χ0v) is 9.49. The molecule has 0 atom stereocenters. The van der Waals surface area contributed by atoms with Crippen LogP contribution in [0.1, 0.15) is 0 Å². The molecule has 14 heavy (non-hydrogen) atoms. The van der Waals surface area contributed by atoms with E-state index in [2.05, 4.69) is 35.4 Å².